The quantitative estimate of drug-likeness (QED) is 0.280. The molecule has 1 heterocycles. The van der Waals surface area contributed by atoms with Crippen LogP contribution in [0, 0.1) is 5.41 Å². The average Bonchev–Trinajstić information content (AvgIpc) is 3.19. The summed E-state index contributed by atoms with van der Waals surface area (Å²) in [6, 6.07) is 14.3. The van der Waals surface area contributed by atoms with Gasteiger partial charge in [-0.2, -0.15) is 0 Å². The minimum absolute atomic E-state index is 0.152. The van der Waals surface area contributed by atoms with Crippen molar-refractivity contribution in [1.29, 1.82) is 0 Å². The fourth-order valence-corrected chi connectivity index (χ4v) is 5.36. The Kier molecular flexibility index (Phi) is 8.33. The summed E-state index contributed by atoms with van der Waals surface area (Å²) in [4.78, 5) is 14.6. The number of hydrogen-bond acceptors (Lipinski definition) is 4. The number of likely N-dealkylation sites (tertiary alicyclic amines) is 1. The van der Waals surface area contributed by atoms with Gasteiger partial charge in [-0.1, -0.05) is 34.1 Å². The first-order valence-corrected chi connectivity index (χ1v) is 13.3. The van der Waals surface area contributed by atoms with Gasteiger partial charge in [-0.25, -0.2) is 0 Å². The lowest BCUT2D eigenvalue weighted by Gasteiger charge is -2.19. The molecule has 1 aliphatic heterocycles. The Labute approximate surface area is 216 Å². The first-order chi connectivity index (χ1) is 16.7. The fraction of sp³-hybridized carbons (Fsp3) is 0.483. The molecule has 0 spiro atoms. The van der Waals surface area contributed by atoms with Gasteiger partial charge in [0.05, 0.1) is 12.1 Å². The molecule has 1 atom stereocenters. The molecule has 1 fully saturated rings. The van der Waals surface area contributed by atoms with E-state index in [9.17, 15) is 9.18 Å². The van der Waals surface area contributed by atoms with Crippen molar-refractivity contribution in [3.8, 4) is 11.5 Å². The normalized spacial score (nSPS) is 18.8. The molecule has 0 amide bonds. The summed E-state index contributed by atoms with van der Waals surface area (Å²) in [6.07, 6.45) is 4.62. The van der Waals surface area contributed by atoms with Crippen LogP contribution in [0.1, 0.15) is 63.1 Å². The SMILES string of the molecule is CC(C)(C)C(=O)Oc1ccc2c(c1)CCCC(Br)=C2c1ccc(OC2CCN(CCCF)C2)cc1. The Morgan fingerprint density at radius 1 is 1.11 bits per heavy atom. The van der Waals surface area contributed by atoms with Gasteiger partial charge in [-0.05, 0) is 99.4 Å². The van der Waals surface area contributed by atoms with Crippen LogP contribution in [0.25, 0.3) is 5.57 Å². The van der Waals surface area contributed by atoms with Crippen molar-refractivity contribution in [2.75, 3.05) is 26.3 Å². The maximum Gasteiger partial charge on any atom is 0.316 e. The summed E-state index contributed by atoms with van der Waals surface area (Å²) in [5, 5.41) is 0. The van der Waals surface area contributed by atoms with Crippen molar-refractivity contribution in [1.82, 2.24) is 4.90 Å². The van der Waals surface area contributed by atoms with Crippen LogP contribution in [0.3, 0.4) is 0 Å². The first kappa shape index (κ1) is 25.9. The lowest BCUT2D eigenvalue weighted by Crippen LogP contribution is -2.26. The van der Waals surface area contributed by atoms with Crippen molar-refractivity contribution < 1.29 is 18.7 Å². The zero-order valence-electron chi connectivity index (χ0n) is 20.9. The summed E-state index contributed by atoms with van der Waals surface area (Å²) in [5.41, 5.74) is 4.11. The Bertz CT molecular complexity index is 1070. The second-order valence-corrected chi connectivity index (χ2v) is 11.4. The lowest BCUT2D eigenvalue weighted by atomic mass is 9.93. The van der Waals surface area contributed by atoms with Crippen molar-refractivity contribution in [3.63, 3.8) is 0 Å². The zero-order valence-corrected chi connectivity index (χ0v) is 22.5. The summed E-state index contributed by atoms with van der Waals surface area (Å²) in [7, 11) is 0. The highest BCUT2D eigenvalue weighted by Gasteiger charge is 2.26. The maximum absolute atomic E-state index is 12.5. The number of alkyl halides is 1. The average molecular weight is 545 g/mol. The van der Waals surface area contributed by atoms with Crippen LogP contribution in [0.5, 0.6) is 11.5 Å². The Morgan fingerprint density at radius 2 is 1.86 bits per heavy atom. The smallest absolute Gasteiger partial charge is 0.316 e. The fourth-order valence-electron chi connectivity index (χ4n) is 4.63. The number of ether oxygens (including phenoxy) is 2. The van der Waals surface area contributed by atoms with Crippen LogP contribution >= 0.6 is 15.9 Å². The van der Waals surface area contributed by atoms with E-state index < -0.39 is 5.41 Å². The number of carbonyl (C=O) groups is 1. The minimum atomic E-state index is -0.546. The number of benzene rings is 2. The Balaban J connectivity index is 1.50. The van der Waals surface area contributed by atoms with E-state index in [1.807, 2.05) is 45.0 Å². The predicted octanol–water partition coefficient (Wildman–Crippen LogP) is 6.94. The monoisotopic (exact) mass is 543 g/mol. The van der Waals surface area contributed by atoms with Gasteiger partial charge in [0.1, 0.15) is 17.6 Å². The number of fused-ring (bicyclic) bond motifs is 1. The number of nitrogens with zero attached hydrogens (tertiary/aromatic N) is 1. The van der Waals surface area contributed by atoms with Gasteiger partial charge in [0, 0.05) is 24.1 Å². The third kappa shape index (κ3) is 6.53. The number of esters is 1. The van der Waals surface area contributed by atoms with Crippen LogP contribution < -0.4 is 9.47 Å². The standard InChI is InChI=1S/C29H35BrFNO3/c1-29(2,3)28(33)35-23-12-13-25-21(18-23)6-4-7-26(30)27(25)20-8-10-22(11-9-20)34-24-14-17-32(19-24)16-5-15-31/h8-13,18,24H,4-7,14-17,19H2,1-3H3. The number of hydrogen-bond donors (Lipinski definition) is 0. The van der Waals surface area contributed by atoms with E-state index in [1.165, 1.54) is 15.6 Å². The van der Waals surface area contributed by atoms with Crippen LogP contribution in [0.4, 0.5) is 4.39 Å². The van der Waals surface area contributed by atoms with Crippen LogP contribution in [0.15, 0.2) is 46.9 Å². The van der Waals surface area contributed by atoms with E-state index >= 15 is 0 Å². The number of halogens is 2. The molecule has 1 unspecified atom stereocenters. The van der Waals surface area contributed by atoms with Gasteiger partial charge >= 0.3 is 5.97 Å². The predicted molar refractivity (Wildman–Crippen MR) is 142 cm³/mol. The summed E-state index contributed by atoms with van der Waals surface area (Å²) < 4.78 is 25.5. The lowest BCUT2D eigenvalue weighted by molar-refractivity contribution is -0.143. The number of carbonyl (C=O) groups excluding carboxylic acids is 1. The number of rotatable bonds is 7. The highest BCUT2D eigenvalue weighted by Crippen LogP contribution is 2.39. The molecule has 4 rings (SSSR count). The Hall–Kier alpha value is -2.18. The molecule has 2 aromatic carbocycles. The molecule has 2 aromatic rings. The van der Waals surface area contributed by atoms with E-state index in [4.69, 9.17) is 9.47 Å². The molecule has 1 aliphatic carbocycles. The largest absolute Gasteiger partial charge is 0.489 e. The van der Waals surface area contributed by atoms with Crippen LogP contribution in [0.2, 0.25) is 0 Å². The second-order valence-electron chi connectivity index (χ2n) is 10.5. The molecular formula is C29H35BrFNO3. The summed E-state index contributed by atoms with van der Waals surface area (Å²) in [6.45, 7) is 7.94. The number of aryl methyl sites for hydroxylation is 1. The Morgan fingerprint density at radius 3 is 2.57 bits per heavy atom. The third-order valence-corrected chi connectivity index (χ3v) is 7.36. The molecule has 188 valence electrons. The summed E-state index contributed by atoms with van der Waals surface area (Å²) in [5.74, 6) is 1.23. The first-order valence-electron chi connectivity index (χ1n) is 12.5. The molecule has 0 radical (unpaired) electrons. The highest BCUT2D eigenvalue weighted by atomic mass is 79.9. The van der Waals surface area contributed by atoms with Gasteiger partial charge in [0.15, 0.2) is 0 Å². The molecule has 0 bridgehead atoms. The van der Waals surface area contributed by atoms with Gasteiger partial charge in [0.2, 0.25) is 0 Å². The molecule has 4 nitrogen and oxygen atoms in total. The van der Waals surface area contributed by atoms with E-state index in [1.54, 1.807) is 0 Å². The van der Waals surface area contributed by atoms with Gasteiger partial charge in [0.25, 0.3) is 0 Å². The minimum Gasteiger partial charge on any atom is -0.489 e. The van der Waals surface area contributed by atoms with E-state index in [0.29, 0.717) is 12.2 Å². The number of allylic oxidation sites excluding steroid dienone is 1. The van der Waals surface area contributed by atoms with Gasteiger partial charge < -0.3 is 9.47 Å². The van der Waals surface area contributed by atoms with E-state index in [2.05, 4.69) is 39.0 Å². The van der Waals surface area contributed by atoms with Crippen molar-refractivity contribution in [3.05, 3.63) is 63.6 Å². The molecule has 0 N–H and O–H groups in total. The van der Waals surface area contributed by atoms with Crippen LogP contribution in [-0.4, -0.2) is 43.3 Å². The molecule has 35 heavy (non-hydrogen) atoms. The molecular weight excluding hydrogens is 509 g/mol. The second kappa shape index (κ2) is 11.3. The van der Waals surface area contributed by atoms with Gasteiger partial charge in [-0.3, -0.25) is 14.1 Å². The zero-order chi connectivity index (χ0) is 25.0. The van der Waals surface area contributed by atoms with Crippen molar-refractivity contribution >= 4 is 27.5 Å². The molecule has 1 saturated heterocycles. The van der Waals surface area contributed by atoms with E-state index in [0.717, 1.165) is 62.2 Å². The van der Waals surface area contributed by atoms with Crippen molar-refractivity contribution in [2.45, 2.75) is 59.0 Å². The molecule has 6 heteroatoms. The molecule has 2 aliphatic rings. The summed E-state index contributed by atoms with van der Waals surface area (Å²) >= 11 is 3.84. The molecule has 0 aromatic heterocycles. The maximum atomic E-state index is 12.5. The van der Waals surface area contributed by atoms with E-state index in [-0.39, 0.29) is 18.7 Å². The van der Waals surface area contributed by atoms with Gasteiger partial charge in [-0.15, -0.1) is 0 Å². The molecule has 0 saturated carbocycles. The third-order valence-electron chi connectivity index (χ3n) is 6.57. The topological polar surface area (TPSA) is 38.8 Å². The van der Waals surface area contributed by atoms with Crippen LogP contribution in [-0.2, 0) is 11.2 Å². The highest BCUT2D eigenvalue weighted by molar-refractivity contribution is 9.11. The van der Waals surface area contributed by atoms with Crippen molar-refractivity contribution in [2.24, 2.45) is 5.41 Å².